The van der Waals surface area contributed by atoms with Crippen molar-refractivity contribution in [3.63, 3.8) is 0 Å². The molecule has 5 nitrogen and oxygen atoms in total. The fourth-order valence-corrected chi connectivity index (χ4v) is 2.58. The number of nitrogens with one attached hydrogen (secondary N) is 1. The van der Waals surface area contributed by atoms with Crippen LogP contribution in [0.4, 0.5) is 11.4 Å². The number of ether oxygens (including phenoxy) is 1. The van der Waals surface area contributed by atoms with Crippen molar-refractivity contribution in [2.24, 2.45) is 0 Å². The van der Waals surface area contributed by atoms with E-state index in [4.69, 9.17) is 10.5 Å². The Bertz CT molecular complexity index is 868. The molecule has 0 saturated carbocycles. The van der Waals surface area contributed by atoms with Crippen molar-refractivity contribution in [1.82, 2.24) is 4.98 Å². The zero-order chi connectivity index (χ0) is 17.6. The van der Waals surface area contributed by atoms with Crippen LogP contribution in [0.15, 0.2) is 71.5 Å². The van der Waals surface area contributed by atoms with Gasteiger partial charge in [0.2, 0.25) is 0 Å². The van der Waals surface area contributed by atoms with Crippen LogP contribution in [-0.2, 0) is 6.61 Å². The Hall–Kier alpha value is -2.86. The number of pyridine rings is 1. The lowest BCUT2D eigenvalue weighted by Crippen LogP contribution is -2.14. The molecule has 2 aromatic carbocycles. The highest BCUT2D eigenvalue weighted by molar-refractivity contribution is 9.10. The second-order valence-electron chi connectivity index (χ2n) is 5.37. The first-order chi connectivity index (χ1) is 12.1. The number of nitrogens with two attached hydrogens (primary N) is 1. The third-order valence-corrected chi connectivity index (χ3v) is 3.97. The number of hydrogen-bond donors (Lipinski definition) is 2. The van der Waals surface area contributed by atoms with Gasteiger partial charge in [-0.1, -0.05) is 28.1 Å². The van der Waals surface area contributed by atoms with E-state index in [1.165, 1.54) is 0 Å². The number of benzene rings is 2. The second-order valence-corrected chi connectivity index (χ2v) is 6.28. The lowest BCUT2D eigenvalue weighted by atomic mass is 10.1. The normalized spacial score (nSPS) is 10.3. The lowest BCUT2D eigenvalue weighted by Gasteiger charge is -2.12. The quantitative estimate of drug-likeness (QED) is 0.630. The molecular formula is C19H16BrN3O2. The molecule has 0 aliphatic carbocycles. The third-order valence-electron chi connectivity index (χ3n) is 3.48. The number of carbonyl (C=O) groups is 1. The molecule has 3 aromatic rings. The van der Waals surface area contributed by atoms with Gasteiger partial charge in [0.1, 0.15) is 12.4 Å². The molecule has 0 fully saturated rings. The van der Waals surface area contributed by atoms with Gasteiger partial charge >= 0.3 is 0 Å². The Balaban J connectivity index is 1.77. The van der Waals surface area contributed by atoms with Crippen LogP contribution in [0.3, 0.4) is 0 Å². The Labute approximate surface area is 154 Å². The van der Waals surface area contributed by atoms with Crippen molar-refractivity contribution >= 4 is 33.2 Å². The molecule has 126 valence electrons. The smallest absolute Gasteiger partial charge is 0.259 e. The topological polar surface area (TPSA) is 77.2 Å². The van der Waals surface area contributed by atoms with Crippen molar-refractivity contribution in [2.75, 3.05) is 11.1 Å². The van der Waals surface area contributed by atoms with E-state index >= 15 is 0 Å². The zero-order valence-corrected chi connectivity index (χ0v) is 14.9. The Kier molecular flexibility index (Phi) is 5.30. The van der Waals surface area contributed by atoms with Gasteiger partial charge in [0, 0.05) is 16.4 Å². The first-order valence-corrected chi connectivity index (χ1v) is 8.39. The number of amides is 1. The molecule has 1 heterocycles. The summed E-state index contributed by atoms with van der Waals surface area (Å²) in [5.41, 5.74) is 8.41. The number of hydrogen-bond acceptors (Lipinski definition) is 4. The van der Waals surface area contributed by atoms with Crippen LogP contribution in [0.1, 0.15) is 15.9 Å². The lowest BCUT2D eigenvalue weighted by molar-refractivity contribution is 0.102. The van der Waals surface area contributed by atoms with Crippen LogP contribution in [-0.4, -0.2) is 10.9 Å². The summed E-state index contributed by atoms with van der Waals surface area (Å²) in [6, 6.07) is 16.3. The molecule has 6 heteroatoms. The second kappa shape index (κ2) is 7.81. The van der Waals surface area contributed by atoms with Crippen LogP contribution < -0.4 is 15.8 Å². The maximum atomic E-state index is 12.6. The summed E-state index contributed by atoms with van der Waals surface area (Å²) in [5.74, 6) is 0.239. The minimum absolute atomic E-state index is 0.262. The van der Waals surface area contributed by atoms with Crippen LogP contribution in [0.25, 0.3) is 0 Å². The van der Waals surface area contributed by atoms with Gasteiger partial charge in [0.25, 0.3) is 5.91 Å². The van der Waals surface area contributed by atoms with Gasteiger partial charge in [0.05, 0.1) is 17.4 Å². The number of anilines is 2. The third kappa shape index (κ3) is 4.58. The Morgan fingerprint density at radius 3 is 2.68 bits per heavy atom. The Morgan fingerprint density at radius 1 is 1.16 bits per heavy atom. The molecule has 0 saturated heterocycles. The van der Waals surface area contributed by atoms with E-state index in [2.05, 4.69) is 26.2 Å². The maximum Gasteiger partial charge on any atom is 0.259 e. The fraction of sp³-hybridized carbons (Fsp3) is 0.0526. The average Bonchev–Trinajstić information content (AvgIpc) is 2.63. The minimum Gasteiger partial charge on any atom is -0.488 e. The van der Waals surface area contributed by atoms with Crippen molar-refractivity contribution < 1.29 is 9.53 Å². The van der Waals surface area contributed by atoms with Crippen LogP contribution in [0.5, 0.6) is 5.75 Å². The molecule has 1 amide bonds. The molecule has 3 rings (SSSR count). The standard InChI is InChI=1S/C19H16BrN3O2/c20-14-5-8-18(25-12-13-3-6-15(21)7-4-13)17(10-14)19(24)23-16-2-1-9-22-11-16/h1-11H,12,21H2,(H,23,24). The summed E-state index contributed by atoms with van der Waals surface area (Å²) in [6.07, 6.45) is 3.24. The molecule has 0 radical (unpaired) electrons. The molecular weight excluding hydrogens is 382 g/mol. The summed E-state index contributed by atoms with van der Waals surface area (Å²) in [5, 5.41) is 2.81. The highest BCUT2D eigenvalue weighted by Crippen LogP contribution is 2.25. The molecule has 0 atom stereocenters. The molecule has 0 bridgehead atoms. The molecule has 3 N–H and O–H groups in total. The van der Waals surface area contributed by atoms with E-state index in [-0.39, 0.29) is 5.91 Å². The molecule has 0 spiro atoms. The van der Waals surface area contributed by atoms with Crippen LogP contribution >= 0.6 is 15.9 Å². The van der Waals surface area contributed by atoms with Gasteiger partial charge in [0.15, 0.2) is 0 Å². The SMILES string of the molecule is Nc1ccc(COc2ccc(Br)cc2C(=O)Nc2cccnc2)cc1. The predicted molar refractivity (Wildman–Crippen MR) is 102 cm³/mol. The van der Waals surface area contributed by atoms with Crippen LogP contribution in [0.2, 0.25) is 0 Å². The van der Waals surface area contributed by atoms with Crippen molar-refractivity contribution in [1.29, 1.82) is 0 Å². The van der Waals surface area contributed by atoms with E-state index in [1.807, 2.05) is 30.3 Å². The van der Waals surface area contributed by atoms with E-state index < -0.39 is 0 Å². The molecule has 0 aliphatic rings. The maximum absolute atomic E-state index is 12.6. The van der Waals surface area contributed by atoms with Gasteiger partial charge in [-0.25, -0.2) is 0 Å². The van der Waals surface area contributed by atoms with E-state index in [0.717, 1.165) is 10.0 Å². The number of rotatable bonds is 5. The summed E-state index contributed by atoms with van der Waals surface area (Å²) < 4.78 is 6.63. The first kappa shape index (κ1) is 17.0. The predicted octanol–water partition coefficient (Wildman–Crippen LogP) is 4.26. The zero-order valence-electron chi connectivity index (χ0n) is 13.3. The van der Waals surface area contributed by atoms with Crippen molar-refractivity contribution in [2.45, 2.75) is 6.61 Å². The summed E-state index contributed by atoms with van der Waals surface area (Å²) in [6.45, 7) is 0.342. The highest BCUT2D eigenvalue weighted by atomic mass is 79.9. The molecule has 0 unspecified atom stereocenters. The van der Waals surface area contributed by atoms with Crippen molar-refractivity contribution in [3.8, 4) is 5.75 Å². The first-order valence-electron chi connectivity index (χ1n) is 7.60. The number of aromatic nitrogens is 1. The molecule has 1 aromatic heterocycles. The summed E-state index contributed by atoms with van der Waals surface area (Å²) in [4.78, 5) is 16.6. The summed E-state index contributed by atoms with van der Waals surface area (Å²) in [7, 11) is 0. The minimum atomic E-state index is -0.262. The number of nitrogen functional groups attached to an aromatic ring is 1. The largest absolute Gasteiger partial charge is 0.488 e. The number of nitrogens with zero attached hydrogens (tertiary/aromatic N) is 1. The highest BCUT2D eigenvalue weighted by Gasteiger charge is 2.14. The van der Waals surface area contributed by atoms with Gasteiger partial charge in [-0.3, -0.25) is 9.78 Å². The molecule has 0 aliphatic heterocycles. The monoisotopic (exact) mass is 397 g/mol. The average molecular weight is 398 g/mol. The Morgan fingerprint density at radius 2 is 1.96 bits per heavy atom. The van der Waals surface area contributed by atoms with E-state index in [1.54, 1.807) is 36.7 Å². The van der Waals surface area contributed by atoms with E-state index in [9.17, 15) is 4.79 Å². The molecule has 25 heavy (non-hydrogen) atoms. The van der Waals surface area contributed by atoms with Gasteiger partial charge in [-0.05, 0) is 48.0 Å². The van der Waals surface area contributed by atoms with Gasteiger partial charge in [-0.15, -0.1) is 0 Å². The van der Waals surface area contributed by atoms with Gasteiger partial charge < -0.3 is 15.8 Å². The van der Waals surface area contributed by atoms with Crippen molar-refractivity contribution in [3.05, 3.63) is 82.6 Å². The summed E-state index contributed by atoms with van der Waals surface area (Å²) >= 11 is 3.39. The fourth-order valence-electron chi connectivity index (χ4n) is 2.22. The van der Waals surface area contributed by atoms with E-state index in [0.29, 0.717) is 29.3 Å². The van der Waals surface area contributed by atoms with Crippen LogP contribution in [0, 0.1) is 0 Å². The number of carbonyl (C=O) groups excluding carboxylic acids is 1. The van der Waals surface area contributed by atoms with Gasteiger partial charge in [-0.2, -0.15) is 0 Å². The number of halogens is 1.